The van der Waals surface area contributed by atoms with Crippen LogP contribution >= 0.6 is 0 Å². The summed E-state index contributed by atoms with van der Waals surface area (Å²) >= 11 is 0. The third-order valence-electron chi connectivity index (χ3n) is 6.48. The van der Waals surface area contributed by atoms with Crippen LogP contribution in [0.4, 0.5) is 0 Å². The van der Waals surface area contributed by atoms with Gasteiger partial charge in [0.2, 0.25) is 0 Å². The van der Waals surface area contributed by atoms with E-state index in [1.54, 1.807) is 36.4 Å². The van der Waals surface area contributed by atoms with Gasteiger partial charge in [0.25, 0.3) is 0 Å². The molecular formula is C32H38O4. The zero-order valence-corrected chi connectivity index (χ0v) is 21.8. The molecule has 3 rings (SSSR count). The van der Waals surface area contributed by atoms with Gasteiger partial charge < -0.3 is 9.47 Å². The molecule has 0 amide bonds. The molecule has 1 unspecified atom stereocenters. The topological polar surface area (TPSA) is 52.6 Å². The summed E-state index contributed by atoms with van der Waals surface area (Å²) in [7, 11) is 0. The first-order chi connectivity index (χ1) is 17.5. The molecule has 0 saturated carbocycles. The van der Waals surface area contributed by atoms with Crippen molar-refractivity contribution in [3.8, 4) is 22.6 Å². The van der Waals surface area contributed by atoms with Crippen LogP contribution in [-0.2, 0) is 0 Å². The number of ketones is 1. The average molecular weight is 487 g/mol. The molecule has 0 fully saturated rings. The summed E-state index contributed by atoms with van der Waals surface area (Å²) < 4.78 is 11.4. The van der Waals surface area contributed by atoms with Crippen LogP contribution in [0.1, 0.15) is 86.4 Å². The lowest BCUT2D eigenvalue weighted by molar-refractivity contribution is 0.0734. The number of benzene rings is 3. The zero-order chi connectivity index (χ0) is 25.8. The van der Waals surface area contributed by atoms with E-state index in [0.717, 1.165) is 36.3 Å². The van der Waals surface area contributed by atoms with Gasteiger partial charge >= 0.3 is 5.97 Å². The minimum absolute atomic E-state index is 0.0225. The molecule has 0 N–H and O–H groups in total. The minimum Gasteiger partial charge on any atom is -0.494 e. The molecule has 0 spiro atoms. The van der Waals surface area contributed by atoms with Crippen molar-refractivity contribution in [2.24, 2.45) is 5.92 Å². The van der Waals surface area contributed by atoms with E-state index in [9.17, 15) is 9.59 Å². The first-order valence-electron chi connectivity index (χ1n) is 13.2. The van der Waals surface area contributed by atoms with Crippen molar-refractivity contribution in [3.63, 3.8) is 0 Å². The summed E-state index contributed by atoms with van der Waals surface area (Å²) in [5.74, 6) is 0.945. The molecule has 36 heavy (non-hydrogen) atoms. The molecular weight excluding hydrogens is 448 g/mol. The molecule has 4 heteroatoms. The lowest BCUT2D eigenvalue weighted by Crippen LogP contribution is -2.11. The Labute approximate surface area is 215 Å². The van der Waals surface area contributed by atoms with Gasteiger partial charge in [0.05, 0.1) is 12.2 Å². The van der Waals surface area contributed by atoms with Crippen LogP contribution in [0, 0.1) is 5.92 Å². The smallest absolute Gasteiger partial charge is 0.343 e. The van der Waals surface area contributed by atoms with Crippen molar-refractivity contribution in [2.45, 2.75) is 65.7 Å². The van der Waals surface area contributed by atoms with Gasteiger partial charge in [-0.25, -0.2) is 4.79 Å². The Hall–Kier alpha value is -3.40. The Kier molecular flexibility index (Phi) is 10.7. The van der Waals surface area contributed by atoms with Crippen molar-refractivity contribution in [3.05, 3.63) is 83.9 Å². The summed E-state index contributed by atoms with van der Waals surface area (Å²) in [5.41, 5.74) is 3.18. The first kappa shape index (κ1) is 27.2. The Morgan fingerprint density at radius 1 is 0.667 bits per heavy atom. The van der Waals surface area contributed by atoms with Crippen molar-refractivity contribution in [1.82, 2.24) is 0 Å². The predicted molar refractivity (Wildman–Crippen MR) is 146 cm³/mol. The molecule has 0 saturated heterocycles. The highest BCUT2D eigenvalue weighted by Gasteiger charge is 2.14. The number of carbonyl (C=O) groups excluding carboxylic acids is 2. The third kappa shape index (κ3) is 8.08. The molecule has 0 radical (unpaired) electrons. The molecule has 1 atom stereocenters. The van der Waals surface area contributed by atoms with E-state index >= 15 is 0 Å². The molecule has 0 aliphatic heterocycles. The van der Waals surface area contributed by atoms with E-state index in [1.165, 1.54) is 32.1 Å². The summed E-state index contributed by atoms with van der Waals surface area (Å²) in [5, 5.41) is 0. The number of rotatable bonds is 14. The zero-order valence-electron chi connectivity index (χ0n) is 21.8. The maximum absolute atomic E-state index is 12.6. The van der Waals surface area contributed by atoms with E-state index < -0.39 is 5.97 Å². The van der Waals surface area contributed by atoms with Gasteiger partial charge in [-0.3, -0.25) is 4.79 Å². The second kappa shape index (κ2) is 14.2. The van der Waals surface area contributed by atoms with Gasteiger partial charge in [-0.1, -0.05) is 77.1 Å². The fraction of sp³-hybridized carbons (Fsp3) is 0.375. The van der Waals surface area contributed by atoms with Gasteiger partial charge in [-0.2, -0.15) is 0 Å². The second-order valence-corrected chi connectivity index (χ2v) is 9.31. The van der Waals surface area contributed by atoms with E-state index in [-0.39, 0.29) is 11.7 Å². The molecule has 3 aromatic rings. The molecule has 0 bridgehead atoms. The van der Waals surface area contributed by atoms with Gasteiger partial charge in [-0.15, -0.1) is 0 Å². The number of hydrogen-bond donors (Lipinski definition) is 0. The van der Waals surface area contributed by atoms with Crippen LogP contribution in [0.25, 0.3) is 11.1 Å². The maximum atomic E-state index is 12.6. The standard InChI is InChI=1S/C32H38O4/c1-4-6-7-8-9-10-23-35-29-19-15-26(16-20-29)25-11-13-28(14-12-25)32(34)36-30-21-17-27(18-22-30)31(33)24(3)5-2/h11-22,24H,4-10,23H2,1-3H3. The SMILES string of the molecule is CCCCCCCCOc1ccc(-c2ccc(C(=O)Oc3ccc(C(=O)C(C)CC)cc3)cc2)cc1. The summed E-state index contributed by atoms with van der Waals surface area (Å²) in [6, 6.07) is 22.2. The second-order valence-electron chi connectivity index (χ2n) is 9.31. The van der Waals surface area contributed by atoms with E-state index in [2.05, 4.69) is 6.92 Å². The Morgan fingerprint density at radius 2 is 1.19 bits per heavy atom. The molecule has 0 aliphatic rings. The predicted octanol–water partition coefficient (Wildman–Crippen LogP) is 8.54. The fourth-order valence-electron chi connectivity index (χ4n) is 3.94. The average Bonchev–Trinajstić information content (AvgIpc) is 2.92. The van der Waals surface area contributed by atoms with E-state index in [0.29, 0.717) is 16.9 Å². The number of unbranched alkanes of at least 4 members (excludes halogenated alkanes) is 5. The normalized spacial score (nSPS) is 11.6. The molecule has 4 nitrogen and oxygen atoms in total. The highest BCUT2D eigenvalue weighted by atomic mass is 16.5. The minimum atomic E-state index is -0.430. The summed E-state index contributed by atoms with van der Waals surface area (Å²) in [6.45, 7) is 6.89. The lowest BCUT2D eigenvalue weighted by Gasteiger charge is -2.09. The highest BCUT2D eigenvalue weighted by Crippen LogP contribution is 2.24. The first-order valence-corrected chi connectivity index (χ1v) is 13.2. The fourth-order valence-corrected chi connectivity index (χ4v) is 3.94. The quantitative estimate of drug-likeness (QED) is 0.0991. The largest absolute Gasteiger partial charge is 0.494 e. The summed E-state index contributed by atoms with van der Waals surface area (Å²) in [4.78, 5) is 24.9. The lowest BCUT2D eigenvalue weighted by atomic mass is 9.97. The maximum Gasteiger partial charge on any atom is 0.343 e. The Morgan fingerprint density at radius 3 is 1.81 bits per heavy atom. The monoisotopic (exact) mass is 486 g/mol. The highest BCUT2D eigenvalue weighted by molar-refractivity contribution is 5.98. The van der Waals surface area contributed by atoms with Crippen molar-refractivity contribution < 1.29 is 19.1 Å². The van der Waals surface area contributed by atoms with Gasteiger partial charge in [0.1, 0.15) is 11.5 Å². The Bertz CT molecular complexity index is 1080. The van der Waals surface area contributed by atoms with E-state index in [1.807, 2.05) is 50.2 Å². The van der Waals surface area contributed by atoms with Crippen LogP contribution in [0.15, 0.2) is 72.8 Å². The number of esters is 1. The molecule has 190 valence electrons. The van der Waals surface area contributed by atoms with Crippen LogP contribution in [0.5, 0.6) is 11.5 Å². The summed E-state index contributed by atoms with van der Waals surface area (Å²) in [6.07, 6.45) is 8.29. The molecule has 0 aromatic heterocycles. The van der Waals surface area contributed by atoms with Crippen LogP contribution in [-0.4, -0.2) is 18.4 Å². The number of ether oxygens (including phenoxy) is 2. The third-order valence-corrected chi connectivity index (χ3v) is 6.48. The van der Waals surface area contributed by atoms with Crippen molar-refractivity contribution in [2.75, 3.05) is 6.61 Å². The molecule has 3 aromatic carbocycles. The van der Waals surface area contributed by atoms with E-state index in [4.69, 9.17) is 9.47 Å². The van der Waals surface area contributed by atoms with Crippen molar-refractivity contribution in [1.29, 1.82) is 0 Å². The Balaban J connectivity index is 1.50. The van der Waals surface area contributed by atoms with Crippen LogP contribution in [0.3, 0.4) is 0 Å². The molecule has 0 heterocycles. The van der Waals surface area contributed by atoms with Crippen LogP contribution < -0.4 is 9.47 Å². The number of hydrogen-bond acceptors (Lipinski definition) is 4. The van der Waals surface area contributed by atoms with Crippen molar-refractivity contribution >= 4 is 11.8 Å². The van der Waals surface area contributed by atoms with Gasteiger partial charge in [0.15, 0.2) is 5.78 Å². The molecule has 0 aliphatic carbocycles. The van der Waals surface area contributed by atoms with Gasteiger partial charge in [0, 0.05) is 11.5 Å². The van der Waals surface area contributed by atoms with Crippen LogP contribution in [0.2, 0.25) is 0 Å². The number of Topliss-reactive ketones (excluding diaryl/α,β-unsaturated/α-hetero) is 1. The number of carbonyl (C=O) groups is 2. The van der Waals surface area contributed by atoms with Gasteiger partial charge in [-0.05, 0) is 72.5 Å².